The van der Waals surface area contributed by atoms with Crippen molar-refractivity contribution in [1.29, 1.82) is 0 Å². The monoisotopic (exact) mass is 494 g/mol. The minimum Gasteiger partial charge on any atom is -0.543 e. The van der Waals surface area contributed by atoms with Crippen LogP contribution in [0.1, 0.15) is 27.7 Å². The van der Waals surface area contributed by atoms with E-state index in [0.717, 1.165) is 25.1 Å². The SMILES string of the molecule is CC(C)(C)[Si](C)(C)Oc1cc(F)c2c(c1)OC(F)(F)O2.CC1(F)Oc2cc(O)cc(F)c2O1. The molecule has 182 valence electrons. The van der Waals surface area contributed by atoms with Gasteiger partial charge in [0.1, 0.15) is 11.5 Å². The molecule has 0 amide bonds. The molecule has 2 heterocycles. The molecule has 0 saturated carbocycles. The Morgan fingerprint density at radius 1 is 0.848 bits per heavy atom. The second kappa shape index (κ2) is 7.85. The van der Waals surface area contributed by atoms with Gasteiger partial charge in [-0.05, 0) is 18.1 Å². The summed E-state index contributed by atoms with van der Waals surface area (Å²) in [6, 6.07) is 1.83. The zero-order valence-corrected chi connectivity index (χ0v) is 19.7. The Balaban J connectivity index is 0.000000203. The molecule has 4 rings (SSSR count). The Bertz CT molecular complexity index is 1070. The van der Waals surface area contributed by atoms with Crippen molar-refractivity contribution in [2.75, 3.05) is 0 Å². The maximum Gasteiger partial charge on any atom is 0.586 e. The quantitative estimate of drug-likeness (QED) is 0.381. The average molecular weight is 494 g/mol. The van der Waals surface area contributed by atoms with Crippen molar-refractivity contribution in [1.82, 2.24) is 0 Å². The zero-order chi connectivity index (χ0) is 25.0. The van der Waals surface area contributed by atoms with Crippen molar-refractivity contribution in [2.45, 2.75) is 58.2 Å². The smallest absolute Gasteiger partial charge is 0.543 e. The standard InChI is InChI=1S/C13H17F3O3Si.C8H6F2O3/c1-12(2,3)20(4,5)19-8-6-9(14)11-10(7-8)17-13(15,16)18-11;1-8(10)12-6-3-4(11)2-5(9)7(6)13-8/h6-7H,1-5H3;2-3,11H,1H3. The minimum absolute atomic E-state index is 0.0935. The lowest BCUT2D eigenvalue weighted by atomic mass is 10.2. The molecule has 1 unspecified atom stereocenters. The number of phenols is 1. The number of alkyl halides is 3. The molecule has 0 aromatic heterocycles. The van der Waals surface area contributed by atoms with E-state index in [4.69, 9.17) is 9.53 Å². The van der Waals surface area contributed by atoms with E-state index in [-0.39, 0.29) is 33.8 Å². The fourth-order valence-electron chi connectivity index (χ4n) is 2.62. The van der Waals surface area contributed by atoms with Crippen molar-refractivity contribution >= 4 is 8.32 Å². The largest absolute Gasteiger partial charge is 0.586 e. The molecular weight excluding hydrogens is 471 g/mol. The topological polar surface area (TPSA) is 66.4 Å². The highest BCUT2D eigenvalue weighted by atomic mass is 28.4. The van der Waals surface area contributed by atoms with Gasteiger partial charge >= 0.3 is 12.3 Å². The molecule has 2 aromatic rings. The van der Waals surface area contributed by atoms with Gasteiger partial charge in [-0.2, -0.15) is 4.39 Å². The average Bonchev–Trinajstić information content (AvgIpc) is 3.08. The van der Waals surface area contributed by atoms with E-state index in [1.165, 1.54) is 6.07 Å². The molecule has 0 aliphatic carbocycles. The van der Waals surface area contributed by atoms with Crippen LogP contribution in [-0.2, 0) is 0 Å². The highest BCUT2D eigenvalue weighted by Gasteiger charge is 2.46. The van der Waals surface area contributed by atoms with Crippen LogP contribution in [-0.4, -0.2) is 25.8 Å². The number of fused-ring (bicyclic) bond motifs is 2. The number of aromatic hydroxyl groups is 1. The van der Waals surface area contributed by atoms with E-state index in [9.17, 15) is 22.0 Å². The Labute approximate surface area is 187 Å². The number of hydrogen-bond acceptors (Lipinski definition) is 6. The molecule has 0 bridgehead atoms. The summed E-state index contributed by atoms with van der Waals surface area (Å²) in [5, 5.41) is 8.86. The number of halogens is 5. The maximum absolute atomic E-state index is 13.8. The van der Waals surface area contributed by atoms with Gasteiger partial charge in [0, 0.05) is 31.2 Å². The van der Waals surface area contributed by atoms with E-state index in [1.54, 1.807) is 0 Å². The van der Waals surface area contributed by atoms with Crippen LogP contribution >= 0.6 is 0 Å². The predicted octanol–water partition coefficient (Wildman–Crippen LogP) is 6.48. The van der Waals surface area contributed by atoms with Crippen LogP contribution in [0.2, 0.25) is 18.1 Å². The molecule has 33 heavy (non-hydrogen) atoms. The van der Waals surface area contributed by atoms with Gasteiger partial charge in [0.05, 0.1) is 0 Å². The first-order valence-corrected chi connectivity index (χ1v) is 12.7. The Kier molecular flexibility index (Phi) is 5.89. The second-order valence-electron chi connectivity index (χ2n) is 9.06. The lowest BCUT2D eigenvalue weighted by Crippen LogP contribution is -2.43. The molecule has 0 saturated heterocycles. The van der Waals surface area contributed by atoms with Gasteiger partial charge in [0.2, 0.25) is 19.8 Å². The molecule has 2 aromatic carbocycles. The fourth-order valence-corrected chi connectivity index (χ4v) is 3.64. The van der Waals surface area contributed by atoms with Crippen LogP contribution in [0, 0.1) is 11.6 Å². The number of phenolic OH excluding ortho intramolecular Hbond substituents is 1. The van der Waals surface area contributed by atoms with E-state index >= 15 is 0 Å². The van der Waals surface area contributed by atoms with Crippen LogP contribution in [0.3, 0.4) is 0 Å². The van der Waals surface area contributed by atoms with E-state index in [1.807, 2.05) is 33.9 Å². The van der Waals surface area contributed by atoms with Gasteiger partial charge < -0.3 is 28.5 Å². The molecule has 6 nitrogen and oxygen atoms in total. The summed E-state index contributed by atoms with van der Waals surface area (Å²) < 4.78 is 88.9. The molecule has 0 spiro atoms. The summed E-state index contributed by atoms with van der Waals surface area (Å²) in [5.41, 5.74) is 0. The molecule has 2 aliphatic rings. The van der Waals surface area contributed by atoms with E-state index in [2.05, 4.69) is 18.9 Å². The molecule has 0 radical (unpaired) electrons. The van der Waals surface area contributed by atoms with Crippen LogP contribution in [0.25, 0.3) is 0 Å². The van der Waals surface area contributed by atoms with E-state index < -0.39 is 38.0 Å². The van der Waals surface area contributed by atoms with Gasteiger partial charge in [-0.3, -0.25) is 0 Å². The molecule has 1 N–H and O–H groups in total. The number of ether oxygens (including phenoxy) is 4. The normalized spacial score (nSPS) is 20.2. The van der Waals surface area contributed by atoms with Crippen LogP contribution in [0.15, 0.2) is 24.3 Å². The third kappa shape index (κ3) is 5.37. The number of hydrogen-bond donors (Lipinski definition) is 1. The van der Waals surface area contributed by atoms with Crippen LogP contribution in [0.4, 0.5) is 22.0 Å². The van der Waals surface area contributed by atoms with Gasteiger partial charge in [0.15, 0.2) is 23.1 Å². The van der Waals surface area contributed by atoms with Crippen LogP contribution < -0.4 is 23.4 Å². The Morgan fingerprint density at radius 3 is 2.00 bits per heavy atom. The lowest BCUT2D eigenvalue weighted by molar-refractivity contribution is -0.287. The highest BCUT2D eigenvalue weighted by Crippen LogP contribution is 2.46. The first-order valence-electron chi connectivity index (χ1n) is 9.77. The molecule has 12 heteroatoms. The van der Waals surface area contributed by atoms with Crippen molar-refractivity contribution in [3.8, 4) is 34.5 Å². The van der Waals surface area contributed by atoms with E-state index in [0.29, 0.717) is 0 Å². The third-order valence-corrected chi connectivity index (χ3v) is 9.54. The van der Waals surface area contributed by atoms with Gasteiger partial charge in [-0.25, -0.2) is 8.78 Å². The first-order chi connectivity index (χ1) is 14.9. The van der Waals surface area contributed by atoms with Crippen molar-refractivity contribution in [2.24, 2.45) is 0 Å². The summed E-state index contributed by atoms with van der Waals surface area (Å²) >= 11 is 0. The second-order valence-corrected chi connectivity index (χ2v) is 13.8. The van der Waals surface area contributed by atoms with Crippen molar-refractivity contribution < 1.29 is 50.4 Å². The molecular formula is C21H23F5O6Si. The highest BCUT2D eigenvalue weighted by molar-refractivity contribution is 6.74. The summed E-state index contributed by atoms with van der Waals surface area (Å²) in [6.07, 6.45) is -3.83. The maximum atomic E-state index is 13.8. The van der Waals surface area contributed by atoms with Crippen LogP contribution in [0.5, 0.6) is 34.5 Å². The van der Waals surface area contributed by atoms with Gasteiger partial charge in [0.25, 0.3) is 0 Å². The lowest BCUT2D eigenvalue weighted by Gasteiger charge is -2.36. The minimum atomic E-state index is -3.83. The van der Waals surface area contributed by atoms with Gasteiger partial charge in [-0.1, -0.05) is 20.8 Å². The Hall–Kier alpha value is -2.89. The predicted molar refractivity (Wildman–Crippen MR) is 109 cm³/mol. The summed E-state index contributed by atoms with van der Waals surface area (Å²) in [5.74, 6) is -3.32. The Morgan fingerprint density at radius 2 is 1.39 bits per heavy atom. The number of rotatable bonds is 2. The third-order valence-electron chi connectivity index (χ3n) is 5.18. The number of benzene rings is 2. The molecule has 1 atom stereocenters. The van der Waals surface area contributed by atoms with Gasteiger partial charge in [-0.15, -0.1) is 8.78 Å². The van der Waals surface area contributed by atoms with Crippen molar-refractivity contribution in [3.63, 3.8) is 0 Å². The molecule has 0 fully saturated rings. The summed E-state index contributed by atoms with van der Waals surface area (Å²) in [7, 11) is -2.19. The fraction of sp³-hybridized carbons (Fsp3) is 0.429. The molecule has 2 aliphatic heterocycles. The summed E-state index contributed by atoms with van der Waals surface area (Å²) in [4.78, 5) is 0. The van der Waals surface area contributed by atoms with Crippen molar-refractivity contribution in [3.05, 3.63) is 35.9 Å². The first kappa shape index (κ1) is 24.7. The summed E-state index contributed by atoms with van der Waals surface area (Å²) in [6.45, 7) is 11.0. The zero-order valence-electron chi connectivity index (χ0n) is 18.7.